The van der Waals surface area contributed by atoms with Gasteiger partial charge < -0.3 is 14.4 Å². The quantitative estimate of drug-likeness (QED) is 0.713. The van der Waals surface area contributed by atoms with Crippen molar-refractivity contribution in [3.05, 3.63) is 63.6 Å². The molecule has 0 fully saturated rings. The topological polar surface area (TPSA) is 55.8 Å². The summed E-state index contributed by atoms with van der Waals surface area (Å²) >= 11 is 3.43. The van der Waals surface area contributed by atoms with Gasteiger partial charge in [-0.1, -0.05) is 34.1 Å². The summed E-state index contributed by atoms with van der Waals surface area (Å²) in [7, 11) is 3.33. The molecule has 1 atom stereocenters. The van der Waals surface area contributed by atoms with Crippen LogP contribution >= 0.6 is 15.9 Å². The highest BCUT2D eigenvalue weighted by Crippen LogP contribution is 2.33. The van der Waals surface area contributed by atoms with Crippen molar-refractivity contribution in [3.63, 3.8) is 0 Å². The van der Waals surface area contributed by atoms with Gasteiger partial charge in [0.2, 0.25) is 5.91 Å². The molecule has 0 saturated heterocycles. The Labute approximate surface area is 154 Å². The van der Waals surface area contributed by atoms with Crippen LogP contribution in [0.3, 0.4) is 0 Å². The van der Waals surface area contributed by atoms with Crippen molar-refractivity contribution in [1.82, 2.24) is 4.90 Å². The lowest BCUT2D eigenvalue weighted by Crippen LogP contribution is -2.27. The SMILES string of the molecule is COc1ccc(Br)cc1CN(C)C(=O)CC1OC(=O)c2ccccc21. The van der Waals surface area contributed by atoms with Crippen LogP contribution in [0.1, 0.15) is 34.0 Å². The van der Waals surface area contributed by atoms with E-state index in [0.29, 0.717) is 12.1 Å². The number of cyclic esters (lactones) is 1. The van der Waals surface area contributed by atoms with E-state index >= 15 is 0 Å². The van der Waals surface area contributed by atoms with E-state index in [1.807, 2.05) is 30.3 Å². The number of rotatable bonds is 5. The molecular weight excluding hydrogens is 386 g/mol. The third kappa shape index (κ3) is 3.69. The maximum Gasteiger partial charge on any atom is 0.339 e. The zero-order valence-electron chi connectivity index (χ0n) is 14.0. The lowest BCUT2D eigenvalue weighted by Gasteiger charge is -2.21. The lowest BCUT2D eigenvalue weighted by atomic mass is 10.0. The second-order valence-corrected chi connectivity index (χ2v) is 6.81. The van der Waals surface area contributed by atoms with Crippen molar-refractivity contribution in [2.45, 2.75) is 19.1 Å². The largest absolute Gasteiger partial charge is 0.496 e. The van der Waals surface area contributed by atoms with Crippen molar-refractivity contribution < 1.29 is 19.1 Å². The number of ether oxygens (including phenoxy) is 2. The first-order valence-corrected chi connectivity index (χ1v) is 8.65. The molecule has 1 aliphatic heterocycles. The minimum atomic E-state index is -0.525. The molecule has 2 aromatic rings. The van der Waals surface area contributed by atoms with Gasteiger partial charge in [-0.15, -0.1) is 0 Å². The van der Waals surface area contributed by atoms with Gasteiger partial charge in [0.1, 0.15) is 11.9 Å². The molecule has 5 nitrogen and oxygen atoms in total. The van der Waals surface area contributed by atoms with Crippen LogP contribution in [0.5, 0.6) is 5.75 Å². The van der Waals surface area contributed by atoms with Crippen LogP contribution in [0.4, 0.5) is 0 Å². The smallest absolute Gasteiger partial charge is 0.339 e. The standard InChI is InChI=1S/C19H18BrNO4/c1-21(11-12-9-13(20)7-8-16(12)24-2)18(22)10-17-14-5-3-4-6-15(14)19(23)25-17/h3-9,17H,10-11H2,1-2H3. The number of halogens is 1. The van der Waals surface area contributed by atoms with E-state index in [1.165, 1.54) is 0 Å². The molecule has 0 aliphatic carbocycles. The Morgan fingerprint density at radius 1 is 1.28 bits per heavy atom. The predicted molar refractivity (Wildman–Crippen MR) is 96.4 cm³/mol. The van der Waals surface area contributed by atoms with E-state index in [0.717, 1.165) is 21.3 Å². The molecule has 0 aromatic heterocycles. The van der Waals surface area contributed by atoms with Gasteiger partial charge in [-0.25, -0.2) is 4.79 Å². The van der Waals surface area contributed by atoms with Crippen LogP contribution < -0.4 is 4.74 Å². The molecule has 1 unspecified atom stereocenters. The molecule has 0 bridgehead atoms. The number of esters is 1. The molecule has 0 spiro atoms. The summed E-state index contributed by atoms with van der Waals surface area (Å²) in [6.07, 6.45) is -0.404. The van der Waals surface area contributed by atoms with E-state index in [4.69, 9.17) is 9.47 Å². The van der Waals surface area contributed by atoms with Gasteiger partial charge in [-0.2, -0.15) is 0 Å². The van der Waals surface area contributed by atoms with Crippen LogP contribution in [0, 0.1) is 0 Å². The number of amides is 1. The molecule has 1 aliphatic rings. The predicted octanol–water partition coefficient (Wildman–Crippen LogP) is 3.72. The molecule has 1 amide bonds. The number of hydrogen-bond donors (Lipinski definition) is 0. The zero-order valence-corrected chi connectivity index (χ0v) is 15.6. The normalized spacial score (nSPS) is 15.5. The van der Waals surface area contributed by atoms with Gasteiger partial charge in [0, 0.05) is 29.2 Å². The molecule has 1 heterocycles. The number of methoxy groups -OCH3 is 1. The van der Waals surface area contributed by atoms with Crippen molar-refractivity contribution in [1.29, 1.82) is 0 Å². The average molecular weight is 404 g/mol. The third-order valence-electron chi connectivity index (χ3n) is 4.21. The number of carbonyl (C=O) groups excluding carboxylic acids is 2. The summed E-state index contributed by atoms with van der Waals surface area (Å²) in [6, 6.07) is 12.8. The van der Waals surface area contributed by atoms with Gasteiger partial charge >= 0.3 is 5.97 Å². The molecule has 2 aromatic carbocycles. The maximum absolute atomic E-state index is 12.6. The minimum absolute atomic E-state index is 0.100. The fourth-order valence-corrected chi connectivity index (χ4v) is 3.31. The van der Waals surface area contributed by atoms with E-state index in [1.54, 1.807) is 31.2 Å². The van der Waals surface area contributed by atoms with Gasteiger partial charge in [-0.3, -0.25) is 4.79 Å². The summed E-state index contributed by atoms with van der Waals surface area (Å²) in [5.74, 6) is 0.252. The molecule has 0 N–H and O–H groups in total. The van der Waals surface area contributed by atoms with E-state index < -0.39 is 6.10 Å². The van der Waals surface area contributed by atoms with Crippen LogP contribution in [0.25, 0.3) is 0 Å². The number of carbonyl (C=O) groups is 2. The second kappa shape index (κ2) is 7.27. The van der Waals surface area contributed by atoms with E-state index in [-0.39, 0.29) is 18.3 Å². The van der Waals surface area contributed by atoms with Gasteiger partial charge in [0.15, 0.2) is 0 Å². The number of benzene rings is 2. The van der Waals surface area contributed by atoms with Crippen molar-refractivity contribution in [2.24, 2.45) is 0 Å². The van der Waals surface area contributed by atoms with Crippen LogP contribution in [0.15, 0.2) is 46.9 Å². The highest BCUT2D eigenvalue weighted by Gasteiger charge is 2.32. The summed E-state index contributed by atoms with van der Waals surface area (Å²) in [6.45, 7) is 0.407. The first-order valence-electron chi connectivity index (χ1n) is 7.86. The fourth-order valence-electron chi connectivity index (χ4n) is 2.90. The molecule has 25 heavy (non-hydrogen) atoms. The molecule has 0 radical (unpaired) electrons. The number of fused-ring (bicyclic) bond motifs is 1. The molecule has 130 valence electrons. The first kappa shape index (κ1) is 17.5. The number of nitrogens with zero attached hydrogens (tertiary/aromatic N) is 1. The van der Waals surface area contributed by atoms with E-state index in [9.17, 15) is 9.59 Å². The zero-order chi connectivity index (χ0) is 18.0. The van der Waals surface area contributed by atoms with Crippen molar-refractivity contribution in [2.75, 3.05) is 14.2 Å². The first-order chi connectivity index (χ1) is 12.0. The Balaban J connectivity index is 1.70. The highest BCUT2D eigenvalue weighted by atomic mass is 79.9. The van der Waals surface area contributed by atoms with Crippen LogP contribution in [-0.4, -0.2) is 30.9 Å². The maximum atomic E-state index is 12.6. The summed E-state index contributed by atoms with van der Waals surface area (Å²) in [5, 5.41) is 0. The van der Waals surface area contributed by atoms with E-state index in [2.05, 4.69) is 15.9 Å². The highest BCUT2D eigenvalue weighted by molar-refractivity contribution is 9.10. The fraction of sp³-hybridized carbons (Fsp3) is 0.263. The Bertz CT molecular complexity index is 821. The molecule has 3 rings (SSSR count). The Morgan fingerprint density at radius 2 is 2.04 bits per heavy atom. The monoisotopic (exact) mass is 403 g/mol. The van der Waals surface area contributed by atoms with Crippen molar-refractivity contribution >= 4 is 27.8 Å². The Morgan fingerprint density at radius 3 is 2.80 bits per heavy atom. The van der Waals surface area contributed by atoms with Crippen LogP contribution in [-0.2, 0) is 16.1 Å². The van der Waals surface area contributed by atoms with Gasteiger partial charge in [-0.05, 0) is 24.3 Å². The minimum Gasteiger partial charge on any atom is -0.496 e. The Hall–Kier alpha value is -2.34. The molecule has 6 heteroatoms. The van der Waals surface area contributed by atoms with Gasteiger partial charge in [0.05, 0.1) is 19.1 Å². The average Bonchev–Trinajstić information content (AvgIpc) is 2.91. The molecule has 0 saturated carbocycles. The lowest BCUT2D eigenvalue weighted by molar-refractivity contribution is -0.132. The second-order valence-electron chi connectivity index (χ2n) is 5.89. The Kier molecular flexibility index (Phi) is 5.08. The summed E-state index contributed by atoms with van der Waals surface area (Å²) in [5.41, 5.74) is 2.21. The molecular formula is C19H18BrNO4. The number of hydrogen-bond acceptors (Lipinski definition) is 4. The van der Waals surface area contributed by atoms with Gasteiger partial charge in [0.25, 0.3) is 0 Å². The summed E-state index contributed by atoms with van der Waals surface area (Å²) in [4.78, 5) is 26.1. The summed E-state index contributed by atoms with van der Waals surface area (Å²) < 4.78 is 11.6. The van der Waals surface area contributed by atoms with Crippen LogP contribution in [0.2, 0.25) is 0 Å². The van der Waals surface area contributed by atoms with Crippen molar-refractivity contribution in [3.8, 4) is 5.75 Å². The third-order valence-corrected chi connectivity index (χ3v) is 4.71.